The van der Waals surface area contributed by atoms with Crippen molar-refractivity contribution >= 4 is 12.2 Å². The van der Waals surface area contributed by atoms with Gasteiger partial charge in [-0.2, -0.15) is 0 Å². The second-order valence-electron chi connectivity index (χ2n) is 4.05. The van der Waals surface area contributed by atoms with Crippen LogP contribution in [0.25, 0.3) is 12.2 Å². The SMILES string of the molecule is CCC/C=C/c1cccc(/C=C/CCC)c1. The number of hydrogen-bond acceptors (Lipinski definition) is 0. The molecule has 0 heteroatoms. The summed E-state index contributed by atoms with van der Waals surface area (Å²) in [5, 5.41) is 0. The summed E-state index contributed by atoms with van der Waals surface area (Å²) in [4.78, 5) is 0. The van der Waals surface area contributed by atoms with Gasteiger partial charge < -0.3 is 0 Å². The standard InChI is InChI=1S/C16H22/c1-3-5-7-10-15-12-9-13-16(14-15)11-8-6-4-2/h7-14H,3-6H2,1-2H3/b10-7+,11-8+. The van der Waals surface area contributed by atoms with E-state index in [0.29, 0.717) is 0 Å². The molecule has 0 nitrogen and oxygen atoms in total. The topological polar surface area (TPSA) is 0 Å². The van der Waals surface area contributed by atoms with Crippen molar-refractivity contribution in [3.8, 4) is 0 Å². The van der Waals surface area contributed by atoms with Crippen molar-refractivity contribution < 1.29 is 0 Å². The third-order valence-electron chi connectivity index (χ3n) is 2.44. The first-order valence-electron chi connectivity index (χ1n) is 6.30. The van der Waals surface area contributed by atoms with Crippen molar-refractivity contribution in [3.63, 3.8) is 0 Å². The van der Waals surface area contributed by atoms with Gasteiger partial charge in [-0.15, -0.1) is 0 Å². The molecule has 1 rings (SSSR count). The van der Waals surface area contributed by atoms with Crippen LogP contribution in [0.2, 0.25) is 0 Å². The minimum atomic E-state index is 1.16. The van der Waals surface area contributed by atoms with Gasteiger partial charge in [0.25, 0.3) is 0 Å². The monoisotopic (exact) mass is 214 g/mol. The third kappa shape index (κ3) is 4.97. The molecule has 0 aliphatic rings. The molecule has 0 amide bonds. The van der Waals surface area contributed by atoms with Crippen LogP contribution in [0.3, 0.4) is 0 Å². The van der Waals surface area contributed by atoms with Gasteiger partial charge in [-0.25, -0.2) is 0 Å². The van der Waals surface area contributed by atoms with E-state index < -0.39 is 0 Å². The average Bonchev–Trinajstić information content (AvgIpc) is 2.30. The van der Waals surface area contributed by atoms with Crippen molar-refractivity contribution in [1.82, 2.24) is 0 Å². The average molecular weight is 214 g/mol. The Bertz CT molecular complexity index is 314. The van der Waals surface area contributed by atoms with Crippen molar-refractivity contribution in [2.75, 3.05) is 0 Å². The first kappa shape index (κ1) is 12.8. The lowest BCUT2D eigenvalue weighted by Crippen LogP contribution is -1.75. The van der Waals surface area contributed by atoms with Crippen LogP contribution >= 0.6 is 0 Å². The molecule has 0 unspecified atom stereocenters. The van der Waals surface area contributed by atoms with Crippen LogP contribution in [0.5, 0.6) is 0 Å². The maximum atomic E-state index is 2.24. The zero-order valence-corrected chi connectivity index (χ0v) is 10.4. The first-order chi connectivity index (χ1) is 7.86. The summed E-state index contributed by atoms with van der Waals surface area (Å²) in [5.74, 6) is 0. The van der Waals surface area contributed by atoms with Crippen LogP contribution < -0.4 is 0 Å². The van der Waals surface area contributed by atoms with E-state index in [2.05, 4.69) is 62.4 Å². The highest BCUT2D eigenvalue weighted by molar-refractivity contribution is 5.57. The lowest BCUT2D eigenvalue weighted by atomic mass is 10.1. The predicted molar refractivity (Wildman–Crippen MR) is 74.3 cm³/mol. The fourth-order valence-electron chi connectivity index (χ4n) is 1.54. The van der Waals surface area contributed by atoms with Crippen LogP contribution in [0.1, 0.15) is 50.7 Å². The summed E-state index contributed by atoms with van der Waals surface area (Å²) in [7, 11) is 0. The summed E-state index contributed by atoms with van der Waals surface area (Å²) in [6.07, 6.45) is 13.7. The van der Waals surface area contributed by atoms with Crippen LogP contribution in [-0.2, 0) is 0 Å². The highest BCUT2D eigenvalue weighted by Gasteiger charge is 1.88. The van der Waals surface area contributed by atoms with Crippen LogP contribution in [0, 0.1) is 0 Å². The maximum Gasteiger partial charge on any atom is -0.0254 e. The van der Waals surface area contributed by atoms with Gasteiger partial charge in [-0.05, 0) is 30.0 Å². The molecule has 0 heterocycles. The molecule has 1 aromatic rings. The molecule has 86 valence electrons. The molecule has 0 aliphatic carbocycles. The second-order valence-corrected chi connectivity index (χ2v) is 4.05. The molecule has 16 heavy (non-hydrogen) atoms. The molecule has 1 aromatic carbocycles. The molecule has 0 atom stereocenters. The van der Waals surface area contributed by atoms with Crippen molar-refractivity contribution in [2.24, 2.45) is 0 Å². The Hall–Kier alpha value is -1.30. The Kier molecular flexibility index (Phi) is 6.32. The number of allylic oxidation sites excluding steroid dienone is 2. The van der Waals surface area contributed by atoms with E-state index >= 15 is 0 Å². The Morgan fingerprint density at radius 1 is 0.875 bits per heavy atom. The minimum absolute atomic E-state index is 1.16. The van der Waals surface area contributed by atoms with E-state index in [9.17, 15) is 0 Å². The molecule has 0 fully saturated rings. The summed E-state index contributed by atoms with van der Waals surface area (Å²) in [5.41, 5.74) is 2.60. The molecule has 0 radical (unpaired) electrons. The number of rotatable bonds is 6. The Balaban J connectivity index is 2.63. The van der Waals surface area contributed by atoms with E-state index in [1.807, 2.05) is 0 Å². The normalized spacial score (nSPS) is 11.6. The van der Waals surface area contributed by atoms with Gasteiger partial charge in [-0.1, -0.05) is 69.2 Å². The predicted octanol–water partition coefficient (Wildman–Crippen LogP) is 5.31. The highest BCUT2D eigenvalue weighted by Crippen LogP contribution is 2.10. The minimum Gasteiger partial charge on any atom is -0.0840 e. The molecule has 0 spiro atoms. The lowest BCUT2D eigenvalue weighted by molar-refractivity contribution is 0.962. The van der Waals surface area contributed by atoms with Crippen molar-refractivity contribution in [1.29, 1.82) is 0 Å². The lowest BCUT2D eigenvalue weighted by Gasteiger charge is -1.97. The van der Waals surface area contributed by atoms with E-state index in [1.165, 1.54) is 24.0 Å². The number of unbranched alkanes of at least 4 members (excludes halogenated alkanes) is 2. The molecule has 0 aliphatic heterocycles. The summed E-state index contributed by atoms with van der Waals surface area (Å²) >= 11 is 0. The van der Waals surface area contributed by atoms with E-state index in [4.69, 9.17) is 0 Å². The van der Waals surface area contributed by atoms with E-state index in [-0.39, 0.29) is 0 Å². The molecule has 0 saturated heterocycles. The van der Waals surface area contributed by atoms with Crippen molar-refractivity contribution in [3.05, 3.63) is 47.5 Å². The van der Waals surface area contributed by atoms with Crippen molar-refractivity contribution in [2.45, 2.75) is 39.5 Å². The highest BCUT2D eigenvalue weighted by atomic mass is 13.9. The first-order valence-corrected chi connectivity index (χ1v) is 6.30. The smallest absolute Gasteiger partial charge is 0.0254 e. The summed E-state index contributed by atoms with van der Waals surface area (Å²) in [6.45, 7) is 4.41. The van der Waals surface area contributed by atoms with Gasteiger partial charge in [-0.3, -0.25) is 0 Å². The largest absolute Gasteiger partial charge is 0.0840 e. The zero-order valence-electron chi connectivity index (χ0n) is 10.4. The molecule has 0 saturated carbocycles. The van der Waals surface area contributed by atoms with Gasteiger partial charge in [0.1, 0.15) is 0 Å². The number of hydrogen-bond donors (Lipinski definition) is 0. The Morgan fingerprint density at radius 2 is 1.38 bits per heavy atom. The Labute approximate surface area is 99.7 Å². The molecule has 0 N–H and O–H groups in total. The van der Waals surface area contributed by atoms with Crippen LogP contribution in [-0.4, -0.2) is 0 Å². The molecule has 0 bridgehead atoms. The summed E-state index contributed by atoms with van der Waals surface area (Å²) < 4.78 is 0. The second kappa shape index (κ2) is 7.92. The van der Waals surface area contributed by atoms with E-state index in [0.717, 1.165) is 12.8 Å². The van der Waals surface area contributed by atoms with Crippen LogP contribution in [0.4, 0.5) is 0 Å². The molecule has 0 aromatic heterocycles. The fourth-order valence-corrected chi connectivity index (χ4v) is 1.54. The molecular formula is C16H22. The fraction of sp³-hybridized carbons (Fsp3) is 0.375. The number of benzene rings is 1. The third-order valence-corrected chi connectivity index (χ3v) is 2.44. The quantitative estimate of drug-likeness (QED) is 0.601. The van der Waals surface area contributed by atoms with Crippen LogP contribution in [0.15, 0.2) is 36.4 Å². The maximum absolute atomic E-state index is 2.24. The zero-order chi connectivity index (χ0) is 11.6. The molecular weight excluding hydrogens is 192 g/mol. The van der Waals surface area contributed by atoms with Gasteiger partial charge >= 0.3 is 0 Å². The Morgan fingerprint density at radius 3 is 1.81 bits per heavy atom. The van der Waals surface area contributed by atoms with Gasteiger partial charge in [0, 0.05) is 0 Å². The van der Waals surface area contributed by atoms with Gasteiger partial charge in [0.15, 0.2) is 0 Å². The summed E-state index contributed by atoms with van der Waals surface area (Å²) in [6, 6.07) is 8.67. The van der Waals surface area contributed by atoms with Gasteiger partial charge in [0.2, 0.25) is 0 Å². The van der Waals surface area contributed by atoms with E-state index in [1.54, 1.807) is 0 Å². The van der Waals surface area contributed by atoms with Gasteiger partial charge in [0.05, 0.1) is 0 Å².